The first-order chi connectivity index (χ1) is 8.79. The number of likely N-dealkylation sites (tertiary alicyclic amines) is 1. The lowest BCUT2D eigenvalue weighted by atomic mass is 9.97. The van der Waals surface area contributed by atoms with Crippen molar-refractivity contribution in [3.8, 4) is 0 Å². The molecule has 0 bridgehead atoms. The fourth-order valence-electron chi connectivity index (χ4n) is 3.04. The maximum Gasteiger partial charge on any atom is 0.0316 e. The molecule has 0 spiro atoms. The van der Waals surface area contributed by atoms with E-state index in [9.17, 15) is 0 Å². The Bertz CT molecular complexity index is 360. The van der Waals surface area contributed by atoms with E-state index in [-0.39, 0.29) is 0 Å². The van der Waals surface area contributed by atoms with Crippen LogP contribution in [-0.4, -0.2) is 24.0 Å². The van der Waals surface area contributed by atoms with E-state index < -0.39 is 0 Å². The Hall–Kier alpha value is -1.02. The Labute approximate surface area is 111 Å². The summed E-state index contributed by atoms with van der Waals surface area (Å²) >= 11 is 0. The average molecular weight is 246 g/mol. The fraction of sp³-hybridized carbons (Fsp3) is 0.625. The molecule has 1 atom stereocenters. The van der Waals surface area contributed by atoms with Gasteiger partial charge in [0.2, 0.25) is 0 Å². The van der Waals surface area contributed by atoms with Gasteiger partial charge in [-0.3, -0.25) is 0 Å². The summed E-state index contributed by atoms with van der Waals surface area (Å²) in [6, 6.07) is 9.15. The second-order valence-corrected chi connectivity index (χ2v) is 5.47. The fourth-order valence-corrected chi connectivity index (χ4v) is 3.04. The van der Waals surface area contributed by atoms with Crippen LogP contribution in [0, 0.1) is 0 Å². The number of rotatable bonds is 5. The molecule has 1 unspecified atom stereocenters. The predicted molar refractivity (Wildman–Crippen MR) is 78.7 cm³/mol. The molecule has 0 aromatic heterocycles. The monoisotopic (exact) mass is 246 g/mol. The quantitative estimate of drug-likeness (QED) is 0.806. The van der Waals surface area contributed by atoms with Crippen LogP contribution in [0.4, 0.5) is 5.69 Å². The van der Waals surface area contributed by atoms with Crippen molar-refractivity contribution >= 4 is 5.69 Å². The van der Waals surface area contributed by atoms with Gasteiger partial charge in [0.1, 0.15) is 0 Å². The summed E-state index contributed by atoms with van der Waals surface area (Å²) < 4.78 is 0. The maximum absolute atomic E-state index is 5.83. The molecule has 1 aliphatic rings. The Kier molecular flexibility index (Phi) is 5.06. The van der Waals surface area contributed by atoms with Crippen LogP contribution in [0.1, 0.15) is 44.6 Å². The Morgan fingerprint density at radius 1 is 1.33 bits per heavy atom. The molecule has 0 aliphatic carbocycles. The van der Waals surface area contributed by atoms with Gasteiger partial charge in [-0.25, -0.2) is 0 Å². The third-order valence-electron chi connectivity index (χ3n) is 4.01. The van der Waals surface area contributed by atoms with E-state index in [2.05, 4.69) is 30.0 Å². The summed E-state index contributed by atoms with van der Waals surface area (Å²) in [5, 5.41) is 0. The van der Waals surface area contributed by atoms with Gasteiger partial charge in [-0.15, -0.1) is 0 Å². The number of hydrogen-bond donors (Lipinski definition) is 1. The lowest BCUT2D eigenvalue weighted by Crippen LogP contribution is -2.40. The summed E-state index contributed by atoms with van der Waals surface area (Å²) in [6.07, 6.45) is 7.98. The predicted octanol–water partition coefficient (Wildman–Crippen LogP) is 3.47. The molecule has 0 amide bonds. The van der Waals surface area contributed by atoms with Crippen LogP contribution in [0.25, 0.3) is 0 Å². The SMILES string of the molecule is CCCC1CCCCN1CCc1cccc(N)c1. The van der Waals surface area contributed by atoms with E-state index in [4.69, 9.17) is 5.73 Å². The minimum atomic E-state index is 0.824. The van der Waals surface area contributed by atoms with Crippen molar-refractivity contribution in [1.82, 2.24) is 4.90 Å². The maximum atomic E-state index is 5.83. The van der Waals surface area contributed by atoms with Crippen LogP contribution in [0.5, 0.6) is 0 Å². The van der Waals surface area contributed by atoms with Crippen LogP contribution in [0.2, 0.25) is 0 Å². The van der Waals surface area contributed by atoms with Gasteiger partial charge < -0.3 is 10.6 Å². The van der Waals surface area contributed by atoms with E-state index in [0.717, 1.165) is 18.2 Å². The van der Waals surface area contributed by atoms with Crippen LogP contribution < -0.4 is 5.73 Å². The molecular weight excluding hydrogens is 220 g/mol. The first-order valence-electron chi connectivity index (χ1n) is 7.38. The third-order valence-corrected chi connectivity index (χ3v) is 4.01. The van der Waals surface area contributed by atoms with Crippen molar-refractivity contribution in [3.63, 3.8) is 0 Å². The molecule has 0 saturated carbocycles. The molecule has 1 heterocycles. The van der Waals surface area contributed by atoms with Crippen LogP contribution >= 0.6 is 0 Å². The van der Waals surface area contributed by atoms with Crippen LogP contribution in [-0.2, 0) is 6.42 Å². The number of benzene rings is 1. The van der Waals surface area contributed by atoms with Crippen molar-refractivity contribution in [1.29, 1.82) is 0 Å². The molecule has 1 aromatic rings. The summed E-state index contributed by atoms with van der Waals surface area (Å²) in [5.41, 5.74) is 8.09. The molecule has 0 radical (unpaired) electrons. The Balaban J connectivity index is 1.87. The first-order valence-corrected chi connectivity index (χ1v) is 7.38. The average Bonchev–Trinajstić information content (AvgIpc) is 2.38. The van der Waals surface area contributed by atoms with Gasteiger partial charge in [-0.1, -0.05) is 31.9 Å². The van der Waals surface area contributed by atoms with Crippen molar-refractivity contribution in [2.45, 2.75) is 51.5 Å². The molecule has 1 aliphatic heterocycles. The van der Waals surface area contributed by atoms with Gasteiger partial charge in [0.25, 0.3) is 0 Å². The first kappa shape index (κ1) is 13.4. The number of anilines is 1. The highest BCUT2D eigenvalue weighted by Crippen LogP contribution is 2.21. The molecule has 18 heavy (non-hydrogen) atoms. The normalized spacial score (nSPS) is 21.1. The minimum Gasteiger partial charge on any atom is -0.399 e. The number of nitrogens with zero attached hydrogens (tertiary/aromatic N) is 1. The summed E-state index contributed by atoms with van der Waals surface area (Å²) in [5.74, 6) is 0. The van der Waals surface area contributed by atoms with Crippen LogP contribution in [0.15, 0.2) is 24.3 Å². The topological polar surface area (TPSA) is 29.3 Å². The molecule has 2 N–H and O–H groups in total. The summed E-state index contributed by atoms with van der Waals surface area (Å²) in [6.45, 7) is 4.77. The highest BCUT2D eigenvalue weighted by atomic mass is 15.2. The lowest BCUT2D eigenvalue weighted by Gasteiger charge is -2.35. The zero-order valence-electron chi connectivity index (χ0n) is 11.6. The number of piperidine rings is 1. The second-order valence-electron chi connectivity index (χ2n) is 5.47. The van der Waals surface area contributed by atoms with E-state index >= 15 is 0 Å². The Morgan fingerprint density at radius 3 is 3.00 bits per heavy atom. The van der Waals surface area contributed by atoms with Crippen molar-refractivity contribution in [2.75, 3.05) is 18.8 Å². The van der Waals surface area contributed by atoms with E-state index in [1.54, 1.807) is 0 Å². The number of nitrogen functional groups attached to an aromatic ring is 1. The molecule has 2 rings (SSSR count). The van der Waals surface area contributed by atoms with E-state index in [1.807, 2.05) is 6.07 Å². The third kappa shape index (κ3) is 3.74. The number of hydrogen-bond acceptors (Lipinski definition) is 2. The van der Waals surface area contributed by atoms with Gasteiger partial charge in [0.05, 0.1) is 0 Å². The smallest absolute Gasteiger partial charge is 0.0316 e. The highest BCUT2D eigenvalue weighted by molar-refractivity contribution is 5.40. The zero-order chi connectivity index (χ0) is 12.8. The van der Waals surface area contributed by atoms with Gasteiger partial charge in [0.15, 0.2) is 0 Å². The summed E-state index contributed by atoms with van der Waals surface area (Å²) in [4.78, 5) is 2.69. The van der Waals surface area contributed by atoms with Gasteiger partial charge >= 0.3 is 0 Å². The van der Waals surface area contributed by atoms with E-state index in [1.165, 1.54) is 50.8 Å². The lowest BCUT2D eigenvalue weighted by molar-refractivity contribution is 0.141. The van der Waals surface area contributed by atoms with E-state index in [0.29, 0.717) is 0 Å². The highest BCUT2D eigenvalue weighted by Gasteiger charge is 2.20. The molecular formula is C16H26N2. The van der Waals surface area contributed by atoms with Gasteiger partial charge in [-0.2, -0.15) is 0 Å². The molecule has 1 saturated heterocycles. The van der Waals surface area contributed by atoms with Gasteiger partial charge in [0, 0.05) is 18.3 Å². The van der Waals surface area contributed by atoms with Crippen molar-refractivity contribution in [2.24, 2.45) is 0 Å². The van der Waals surface area contributed by atoms with Gasteiger partial charge in [-0.05, 0) is 49.9 Å². The zero-order valence-corrected chi connectivity index (χ0v) is 11.6. The molecule has 100 valence electrons. The molecule has 1 aromatic carbocycles. The van der Waals surface area contributed by atoms with Crippen LogP contribution in [0.3, 0.4) is 0 Å². The second kappa shape index (κ2) is 6.79. The molecule has 2 heteroatoms. The van der Waals surface area contributed by atoms with Crippen molar-refractivity contribution < 1.29 is 0 Å². The largest absolute Gasteiger partial charge is 0.399 e. The van der Waals surface area contributed by atoms with Crippen molar-refractivity contribution in [3.05, 3.63) is 29.8 Å². The molecule has 2 nitrogen and oxygen atoms in total. The summed E-state index contributed by atoms with van der Waals surface area (Å²) in [7, 11) is 0. The minimum absolute atomic E-state index is 0.824. The Morgan fingerprint density at radius 2 is 2.22 bits per heavy atom. The number of nitrogens with two attached hydrogens (primary N) is 1. The molecule has 1 fully saturated rings. The standard InChI is InChI=1S/C16H26N2/c1-2-6-16-9-3-4-11-18(16)12-10-14-7-5-8-15(17)13-14/h5,7-8,13,16H,2-4,6,9-12,17H2,1H3.